The molecule has 3 rings (SSSR count). The van der Waals surface area contributed by atoms with Crippen molar-refractivity contribution >= 4 is 17.5 Å². The Labute approximate surface area is 140 Å². The van der Waals surface area contributed by atoms with E-state index in [0.717, 1.165) is 12.8 Å². The number of nitrogens with zero attached hydrogens (tertiary/aromatic N) is 1. The van der Waals surface area contributed by atoms with Gasteiger partial charge in [0.1, 0.15) is 0 Å². The van der Waals surface area contributed by atoms with E-state index in [-0.39, 0.29) is 17.4 Å². The Morgan fingerprint density at radius 3 is 2.74 bits per heavy atom. The number of pyridine rings is 1. The monoisotopic (exact) mass is 330 g/mol. The highest BCUT2D eigenvalue weighted by atomic mass is 35.5. The number of carbonyl (C=O) groups excluding carboxylic acids is 1. The molecular weight excluding hydrogens is 312 g/mol. The summed E-state index contributed by atoms with van der Waals surface area (Å²) in [6.07, 6.45) is 3.40. The maximum absolute atomic E-state index is 12.1. The number of nitrogens with one attached hydrogen (secondary N) is 1. The van der Waals surface area contributed by atoms with Crippen molar-refractivity contribution in [1.82, 2.24) is 9.88 Å². The van der Waals surface area contributed by atoms with E-state index in [1.807, 2.05) is 30.3 Å². The van der Waals surface area contributed by atoms with Gasteiger partial charge in [0.05, 0.1) is 0 Å². The Morgan fingerprint density at radius 2 is 2.00 bits per heavy atom. The first-order valence-electron chi connectivity index (χ1n) is 7.84. The SMILES string of the molecule is O=C(NCCCn1ccccc1=O)[C@@H]1C[C@@H]1c1ccc(Cl)cc1. The molecule has 1 aromatic heterocycles. The van der Waals surface area contributed by atoms with Crippen molar-refractivity contribution in [3.8, 4) is 0 Å². The quantitative estimate of drug-likeness (QED) is 0.828. The molecule has 2 atom stereocenters. The van der Waals surface area contributed by atoms with Gasteiger partial charge >= 0.3 is 0 Å². The van der Waals surface area contributed by atoms with Crippen molar-refractivity contribution in [1.29, 1.82) is 0 Å². The molecule has 1 heterocycles. The summed E-state index contributed by atoms with van der Waals surface area (Å²) >= 11 is 5.88. The molecule has 4 nitrogen and oxygen atoms in total. The Hall–Kier alpha value is -2.07. The van der Waals surface area contributed by atoms with Crippen molar-refractivity contribution in [3.63, 3.8) is 0 Å². The van der Waals surface area contributed by atoms with Crippen LogP contribution in [-0.4, -0.2) is 17.0 Å². The highest BCUT2D eigenvalue weighted by Crippen LogP contribution is 2.47. The highest BCUT2D eigenvalue weighted by Gasteiger charge is 2.43. The van der Waals surface area contributed by atoms with E-state index in [1.165, 1.54) is 5.56 Å². The average Bonchev–Trinajstić information content (AvgIpc) is 3.34. The summed E-state index contributed by atoms with van der Waals surface area (Å²) in [4.78, 5) is 23.7. The number of aromatic nitrogens is 1. The molecule has 1 aliphatic rings. The van der Waals surface area contributed by atoms with Crippen LogP contribution in [0.2, 0.25) is 5.02 Å². The van der Waals surface area contributed by atoms with Gasteiger partial charge in [-0.2, -0.15) is 0 Å². The van der Waals surface area contributed by atoms with E-state index in [2.05, 4.69) is 5.32 Å². The van der Waals surface area contributed by atoms with Crippen LogP contribution in [0, 0.1) is 5.92 Å². The third-order valence-electron chi connectivity index (χ3n) is 4.20. The van der Waals surface area contributed by atoms with Crippen LogP contribution < -0.4 is 10.9 Å². The van der Waals surface area contributed by atoms with E-state index in [4.69, 9.17) is 11.6 Å². The fourth-order valence-electron chi connectivity index (χ4n) is 2.80. The molecule has 1 fully saturated rings. The molecule has 1 N–H and O–H groups in total. The Balaban J connectivity index is 1.42. The molecule has 2 aromatic rings. The summed E-state index contributed by atoms with van der Waals surface area (Å²) in [6.45, 7) is 1.20. The lowest BCUT2D eigenvalue weighted by atomic mass is 10.1. The maximum atomic E-state index is 12.1. The number of halogens is 1. The second-order valence-corrected chi connectivity index (χ2v) is 6.31. The number of rotatable bonds is 6. The van der Waals surface area contributed by atoms with Crippen LogP contribution in [0.4, 0.5) is 0 Å². The second-order valence-electron chi connectivity index (χ2n) is 5.88. The lowest BCUT2D eigenvalue weighted by Crippen LogP contribution is -2.28. The Kier molecular flexibility index (Phi) is 4.82. The van der Waals surface area contributed by atoms with Gasteiger partial charge < -0.3 is 9.88 Å². The third-order valence-corrected chi connectivity index (χ3v) is 4.45. The summed E-state index contributed by atoms with van der Waals surface area (Å²) in [7, 11) is 0. The van der Waals surface area contributed by atoms with E-state index >= 15 is 0 Å². The molecule has 0 bridgehead atoms. The van der Waals surface area contributed by atoms with Crippen molar-refractivity contribution in [2.75, 3.05) is 6.54 Å². The lowest BCUT2D eigenvalue weighted by molar-refractivity contribution is -0.122. The fourth-order valence-corrected chi connectivity index (χ4v) is 2.93. The van der Waals surface area contributed by atoms with Gasteiger partial charge in [0.2, 0.25) is 11.5 Å². The molecule has 1 amide bonds. The van der Waals surface area contributed by atoms with Gasteiger partial charge in [-0.25, -0.2) is 0 Å². The lowest BCUT2D eigenvalue weighted by Gasteiger charge is -2.07. The number of aryl methyl sites for hydroxylation is 1. The summed E-state index contributed by atoms with van der Waals surface area (Å²) in [6, 6.07) is 12.8. The summed E-state index contributed by atoms with van der Waals surface area (Å²) in [5, 5.41) is 3.68. The largest absolute Gasteiger partial charge is 0.356 e. The van der Waals surface area contributed by atoms with Crippen molar-refractivity contribution in [3.05, 3.63) is 69.6 Å². The maximum Gasteiger partial charge on any atom is 0.250 e. The van der Waals surface area contributed by atoms with Crippen LogP contribution in [0.5, 0.6) is 0 Å². The minimum atomic E-state index is -0.0104. The molecule has 0 unspecified atom stereocenters. The molecule has 1 aromatic carbocycles. The van der Waals surface area contributed by atoms with Gasteiger partial charge in [-0.15, -0.1) is 0 Å². The molecule has 0 aliphatic heterocycles. The zero-order chi connectivity index (χ0) is 16.2. The van der Waals surface area contributed by atoms with Crippen LogP contribution in [0.15, 0.2) is 53.5 Å². The molecular formula is C18H19ClN2O2. The predicted molar refractivity (Wildman–Crippen MR) is 90.6 cm³/mol. The van der Waals surface area contributed by atoms with Gasteiger partial charge in [0.25, 0.3) is 0 Å². The predicted octanol–water partition coefficient (Wildman–Crippen LogP) is 2.81. The highest BCUT2D eigenvalue weighted by molar-refractivity contribution is 6.30. The third kappa shape index (κ3) is 4.02. The molecule has 0 spiro atoms. The van der Waals surface area contributed by atoms with E-state index in [0.29, 0.717) is 24.0 Å². The molecule has 5 heteroatoms. The van der Waals surface area contributed by atoms with Crippen molar-refractivity contribution in [2.45, 2.75) is 25.3 Å². The molecule has 23 heavy (non-hydrogen) atoms. The standard InChI is InChI=1S/C18H19ClN2O2/c19-14-7-5-13(6-8-14)15-12-16(15)18(23)20-9-3-11-21-10-2-1-4-17(21)22/h1-2,4-8,10,15-16H,3,9,11-12H2,(H,20,23)/t15-,16-/m1/s1. The fraction of sp³-hybridized carbons (Fsp3) is 0.333. The first-order valence-corrected chi connectivity index (χ1v) is 8.21. The first-order chi connectivity index (χ1) is 11.1. The zero-order valence-corrected chi connectivity index (χ0v) is 13.5. The van der Waals surface area contributed by atoms with Gasteiger partial charge in [0.15, 0.2) is 0 Å². The van der Waals surface area contributed by atoms with E-state index in [1.54, 1.807) is 22.9 Å². The molecule has 0 saturated heterocycles. The van der Waals surface area contributed by atoms with Gasteiger partial charge in [-0.05, 0) is 42.5 Å². The number of carbonyl (C=O) groups is 1. The first kappa shape index (κ1) is 15.8. The minimum Gasteiger partial charge on any atom is -0.356 e. The molecule has 0 radical (unpaired) electrons. The van der Waals surface area contributed by atoms with Crippen LogP contribution in [0.1, 0.15) is 24.3 Å². The average molecular weight is 331 g/mol. The van der Waals surface area contributed by atoms with Crippen molar-refractivity contribution in [2.24, 2.45) is 5.92 Å². The Bertz CT molecular complexity index is 739. The molecule has 1 saturated carbocycles. The Morgan fingerprint density at radius 1 is 1.22 bits per heavy atom. The normalized spacial score (nSPS) is 19.3. The zero-order valence-electron chi connectivity index (χ0n) is 12.7. The van der Waals surface area contributed by atoms with Crippen LogP contribution in [0.3, 0.4) is 0 Å². The molecule has 120 valence electrons. The topological polar surface area (TPSA) is 51.1 Å². The van der Waals surface area contributed by atoms with Gasteiger partial charge in [-0.1, -0.05) is 29.8 Å². The number of benzene rings is 1. The number of hydrogen-bond acceptors (Lipinski definition) is 2. The summed E-state index contributed by atoms with van der Waals surface area (Å²) < 4.78 is 1.65. The van der Waals surface area contributed by atoms with Crippen LogP contribution in [-0.2, 0) is 11.3 Å². The van der Waals surface area contributed by atoms with Crippen LogP contribution in [0.25, 0.3) is 0 Å². The van der Waals surface area contributed by atoms with Crippen LogP contribution >= 0.6 is 11.6 Å². The number of amides is 1. The van der Waals surface area contributed by atoms with Gasteiger partial charge in [-0.3, -0.25) is 9.59 Å². The smallest absolute Gasteiger partial charge is 0.250 e. The summed E-state index contributed by atoms with van der Waals surface area (Å²) in [5.41, 5.74) is 1.16. The summed E-state index contributed by atoms with van der Waals surface area (Å²) in [5.74, 6) is 0.477. The second kappa shape index (κ2) is 7.01. The number of hydrogen-bond donors (Lipinski definition) is 1. The van der Waals surface area contributed by atoms with E-state index in [9.17, 15) is 9.59 Å². The van der Waals surface area contributed by atoms with Gasteiger partial charge in [0, 0.05) is 36.3 Å². The minimum absolute atomic E-state index is 0.0104. The van der Waals surface area contributed by atoms with E-state index < -0.39 is 0 Å². The molecule has 1 aliphatic carbocycles. The van der Waals surface area contributed by atoms with Crippen molar-refractivity contribution < 1.29 is 4.79 Å².